The number of allylic oxidation sites excluding steroid dienone is 4. The number of hydrogen-bond acceptors (Lipinski definition) is 5. The molecule has 0 atom stereocenters. The SMILES string of the molecule is CC1=C(CC(=O)O)C2=C(S(=O)(=O)c3ccc(N(C)c4cccc(C(C)C)c4)cc3)C(F)=CCC2=N1. The predicted octanol–water partition coefficient (Wildman–Crippen LogP) is 6.07. The minimum absolute atomic E-state index is 0.0721. The highest BCUT2D eigenvalue weighted by molar-refractivity contribution is 7.95. The molecule has 0 spiro atoms. The van der Waals surface area contributed by atoms with E-state index in [-0.39, 0.29) is 22.5 Å². The van der Waals surface area contributed by atoms with Crippen LogP contribution in [-0.2, 0) is 14.6 Å². The maximum atomic E-state index is 15.0. The summed E-state index contributed by atoms with van der Waals surface area (Å²) in [6.07, 6.45) is 0.857. The summed E-state index contributed by atoms with van der Waals surface area (Å²) < 4.78 is 42.2. The van der Waals surface area contributed by atoms with Crippen LogP contribution in [0.4, 0.5) is 15.8 Å². The lowest BCUT2D eigenvalue weighted by Gasteiger charge is -2.22. The monoisotopic (exact) mass is 494 g/mol. The second-order valence-corrected chi connectivity index (χ2v) is 10.8. The fraction of sp³-hybridized carbons (Fsp3) is 0.259. The Morgan fingerprint density at radius 2 is 1.83 bits per heavy atom. The zero-order chi connectivity index (χ0) is 25.5. The Morgan fingerprint density at radius 1 is 1.14 bits per heavy atom. The summed E-state index contributed by atoms with van der Waals surface area (Å²) in [4.78, 5) is 17.1. The molecule has 0 amide bonds. The molecular weight excluding hydrogens is 467 g/mol. The van der Waals surface area contributed by atoms with Gasteiger partial charge in [0.1, 0.15) is 10.7 Å². The van der Waals surface area contributed by atoms with Gasteiger partial charge in [-0.25, -0.2) is 12.8 Å². The van der Waals surface area contributed by atoms with Crippen LogP contribution in [0.15, 0.2) is 92.1 Å². The summed E-state index contributed by atoms with van der Waals surface area (Å²) in [7, 11) is -2.38. The molecule has 1 aliphatic heterocycles. The van der Waals surface area contributed by atoms with Crippen molar-refractivity contribution in [3.8, 4) is 0 Å². The van der Waals surface area contributed by atoms with Crippen LogP contribution in [0.3, 0.4) is 0 Å². The topological polar surface area (TPSA) is 87.0 Å². The van der Waals surface area contributed by atoms with Crippen LogP contribution < -0.4 is 4.90 Å². The van der Waals surface area contributed by atoms with Crippen LogP contribution >= 0.6 is 0 Å². The number of anilines is 2. The first kappa shape index (κ1) is 24.6. The largest absolute Gasteiger partial charge is 0.481 e. The molecule has 1 aliphatic carbocycles. The van der Waals surface area contributed by atoms with E-state index in [0.717, 1.165) is 11.4 Å². The molecule has 6 nitrogen and oxygen atoms in total. The Bertz CT molecular complexity index is 1430. The third-order valence-electron chi connectivity index (χ3n) is 6.30. The zero-order valence-electron chi connectivity index (χ0n) is 20.0. The van der Waals surface area contributed by atoms with Gasteiger partial charge in [-0.05, 0) is 66.5 Å². The summed E-state index contributed by atoms with van der Waals surface area (Å²) in [5.41, 5.74) is 4.01. The maximum Gasteiger partial charge on any atom is 0.307 e. The van der Waals surface area contributed by atoms with Gasteiger partial charge in [0.2, 0.25) is 9.84 Å². The Hall–Kier alpha value is -3.52. The van der Waals surface area contributed by atoms with E-state index >= 15 is 4.39 Å². The van der Waals surface area contributed by atoms with Crippen molar-refractivity contribution >= 4 is 32.9 Å². The highest BCUT2D eigenvalue weighted by atomic mass is 32.2. The number of fused-ring (bicyclic) bond motifs is 1. The van der Waals surface area contributed by atoms with E-state index < -0.39 is 33.0 Å². The molecule has 0 radical (unpaired) electrons. The molecule has 8 heteroatoms. The number of aliphatic imine (C=N–C) groups is 1. The molecule has 1 N–H and O–H groups in total. The number of hydrogen-bond donors (Lipinski definition) is 1. The zero-order valence-corrected chi connectivity index (χ0v) is 20.9. The lowest BCUT2D eigenvalue weighted by atomic mass is 9.94. The van der Waals surface area contributed by atoms with Crippen molar-refractivity contribution in [1.82, 2.24) is 0 Å². The van der Waals surface area contributed by atoms with Crippen molar-refractivity contribution in [1.29, 1.82) is 0 Å². The molecule has 0 bridgehead atoms. The first-order chi connectivity index (χ1) is 16.5. The van der Waals surface area contributed by atoms with E-state index in [0.29, 0.717) is 17.3 Å². The Balaban J connectivity index is 1.73. The Kier molecular flexibility index (Phi) is 6.51. The van der Waals surface area contributed by atoms with Crippen LogP contribution in [0.5, 0.6) is 0 Å². The smallest absolute Gasteiger partial charge is 0.307 e. The van der Waals surface area contributed by atoms with Crippen molar-refractivity contribution in [3.05, 3.63) is 87.7 Å². The third kappa shape index (κ3) is 4.58. The number of carbonyl (C=O) groups is 1. The summed E-state index contributed by atoms with van der Waals surface area (Å²) in [5.74, 6) is -1.65. The third-order valence-corrected chi connectivity index (χ3v) is 8.13. The van der Waals surface area contributed by atoms with Gasteiger partial charge >= 0.3 is 5.97 Å². The molecule has 2 aromatic carbocycles. The Morgan fingerprint density at radius 3 is 2.46 bits per heavy atom. The lowest BCUT2D eigenvalue weighted by molar-refractivity contribution is -0.136. The quantitative estimate of drug-likeness (QED) is 0.505. The van der Waals surface area contributed by atoms with Crippen LogP contribution in [0, 0.1) is 0 Å². The summed E-state index contributed by atoms with van der Waals surface area (Å²) >= 11 is 0. The van der Waals surface area contributed by atoms with Crippen LogP contribution in [0.2, 0.25) is 0 Å². The number of aliphatic carboxylic acids is 1. The fourth-order valence-electron chi connectivity index (χ4n) is 4.33. The van der Waals surface area contributed by atoms with Gasteiger partial charge in [-0.15, -0.1) is 0 Å². The summed E-state index contributed by atoms with van der Waals surface area (Å²) in [6.45, 7) is 5.84. The normalized spacial score (nSPS) is 15.8. The molecule has 35 heavy (non-hydrogen) atoms. The number of rotatable bonds is 7. The van der Waals surface area contributed by atoms with Crippen molar-refractivity contribution in [2.24, 2.45) is 4.99 Å². The van der Waals surface area contributed by atoms with E-state index in [4.69, 9.17) is 0 Å². The van der Waals surface area contributed by atoms with Gasteiger partial charge in [-0.1, -0.05) is 26.0 Å². The minimum atomic E-state index is -4.27. The Labute approximate surface area is 204 Å². The molecule has 0 saturated carbocycles. The number of sulfone groups is 1. The highest BCUT2D eigenvalue weighted by Crippen LogP contribution is 2.42. The van der Waals surface area contributed by atoms with Gasteiger partial charge in [-0.3, -0.25) is 9.79 Å². The predicted molar refractivity (Wildman–Crippen MR) is 135 cm³/mol. The minimum Gasteiger partial charge on any atom is -0.481 e. The van der Waals surface area contributed by atoms with Crippen LogP contribution in [0.1, 0.15) is 45.1 Å². The van der Waals surface area contributed by atoms with E-state index in [2.05, 4.69) is 31.0 Å². The molecule has 2 aliphatic rings. The highest BCUT2D eigenvalue weighted by Gasteiger charge is 2.37. The van der Waals surface area contributed by atoms with E-state index in [1.54, 1.807) is 19.1 Å². The molecule has 182 valence electrons. The fourth-order valence-corrected chi connectivity index (χ4v) is 5.91. The first-order valence-electron chi connectivity index (χ1n) is 11.3. The lowest BCUT2D eigenvalue weighted by Crippen LogP contribution is -2.18. The van der Waals surface area contributed by atoms with Gasteiger partial charge in [0.15, 0.2) is 0 Å². The molecular formula is C27H27FN2O4S. The standard InChI is InChI=1S/C27H27FN2O4S/c1-16(2)18-6-5-7-20(14-18)30(4)19-8-10-21(11-9-19)35(33,34)27-23(28)12-13-24-26(27)22(15-25(31)32)17(3)29-24/h5-12,14,16H,13,15H2,1-4H3,(H,31,32). The molecule has 0 aromatic heterocycles. The maximum absolute atomic E-state index is 15.0. The second kappa shape index (κ2) is 9.26. The number of halogens is 1. The van der Waals surface area contributed by atoms with Gasteiger partial charge in [-0.2, -0.15) is 0 Å². The van der Waals surface area contributed by atoms with Crippen LogP contribution in [0.25, 0.3) is 0 Å². The van der Waals surface area contributed by atoms with Crippen molar-refractivity contribution in [2.75, 3.05) is 11.9 Å². The molecule has 1 heterocycles. The van der Waals surface area contributed by atoms with Crippen LogP contribution in [-0.4, -0.2) is 32.3 Å². The van der Waals surface area contributed by atoms with Gasteiger partial charge in [0.25, 0.3) is 0 Å². The van der Waals surface area contributed by atoms with Gasteiger partial charge in [0, 0.05) is 36.1 Å². The summed E-state index contributed by atoms with van der Waals surface area (Å²) in [6, 6.07) is 14.4. The second-order valence-electron chi connectivity index (χ2n) is 8.96. The van der Waals surface area contributed by atoms with E-state index in [1.807, 2.05) is 24.1 Å². The first-order valence-corrected chi connectivity index (χ1v) is 12.8. The molecule has 0 unspecified atom stereocenters. The molecule has 0 fully saturated rings. The summed E-state index contributed by atoms with van der Waals surface area (Å²) in [5, 5.41) is 9.31. The van der Waals surface area contributed by atoms with Crippen molar-refractivity contribution in [3.63, 3.8) is 0 Å². The van der Waals surface area contributed by atoms with E-state index in [1.165, 1.54) is 23.8 Å². The molecule has 0 saturated heterocycles. The number of benzene rings is 2. The van der Waals surface area contributed by atoms with Gasteiger partial charge < -0.3 is 10.0 Å². The number of carboxylic acid groups (broad SMARTS) is 1. The molecule has 4 rings (SSSR count). The molecule has 2 aromatic rings. The van der Waals surface area contributed by atoms with E-state index in [9.17, 15) is 18.3 Å². The number of nitrogens with zero attached hydrogens (tertiary/aromatic N) is 2. The van der Waals surface area contributed by atoms with Crippen molar-refractivity contribution in [2.45, 2.75) is 44.4 Å². The van der Waals surface area contributed by atoms with Gasteiger partial charge in [0.05, 0.1) is 17.0 Å². The average molecular weight is 495 g/mol. The number of carboxylic acids is 1. The van der Waals surface area contributed by atoms with Crippen molar-refractivity contribution < 1.29 is 22.7 Å². The average Bonchev–Trinajstić information content (AvgIpc) is 3.12.